The van der Waals surface area contributed by atoms with Gasteiger partial charge >= 0.3 is 5.97 Å². The fourth-order valence-corrected chi connectivity index (χ4v) is 1.54. The first-order valence-electron chi connectivity index (χ1n) is 6.00. The summed E-state index contributed by atoms with van der Waals surface area (Å²) in [5.41, 5.74) is 0.00904. The number of aliphatic hydroxyl groups excluding tert-OH is 1. The number of nitrogens with zero attached hydrogens (tertiary/aromatic N) is 1. The summed E-state index contributed by atoms with van der Waals surface area (Å²) < 4.78 is 5.05. The number of nitro benzene ring substituents is 1. The molecule has 0 fully saturated rings. The molecule has 0 radical (unpaired) electrons. The van der Waals surface area contributed by atoms with Crippen LogP contribution < -0.4 is 5.32 Å². The van der Waals surface area contributed by atoms with Gasteiger partial charge < -0.3 is 20.3 Å². The van der Waals surface area contributed by atoms with E-state index in [0.29, 0.717) is 19.6 Å². The van der Waals surface area contributed by atoms with E-state index in [1.165, 1.54) is 12.1 Å². The van der Waals surface area contributed by atoms with Gasteiger partial charge in [-0.1, -0.05) is 0 Å². The van der Waals surface area contributed by atoms with Crippen LogP contribution in [0, 0.1) is 10.1 Å². The quantitative estimate of drug-likeness (QED) is 0.352. The van der Waals surface area contributed by atoms with E-state index in [4.69, 9.17) is 14.9 Å². The van der Waals surface area contributed by atoms with Crippen molar-refractivity contribution < 1.29 is 24.7 Å². The molecular weight excluding hydrogens is 268 g/mol. The van der Waals surface area contributed by atoms with Crippen LogP contribution in [0.1, 0.15) is 16.8 Å². The highest BCUT2D eigenvalue weighted by Crippen LogP contribution is 2.22. The van der Waals surface area contributed by atoms with Crippen molar-refractivity contribution in [3.63, 3.8) is 0 Å². The monoisotopic (exact) mass is 284 g/mol. The molecule has 0 aliphatic carbocycles. The van der Waals surface area contributed by atoms with E-state index < -0.39 is 10.9 Å². The van der Waals surface area contributed by atoms with Gasteiger partial charge in [-0.2, -0.15) is 0 Å². The molecule has 8 nitrogen and oxygen atoms in total. The summed E-state index contributed by atoms with van der Waals surface area (Å²) in [6.45, 7) is 1.01. The van der Waals surface area contributed by atoms with E-state index in [0.717, 1.165) is 6.07 Å². The Hall–Kier alpha value is -2.19. The number of non-ortho nitro benzene ring substituents is 1. The third kappa shape index (κ3) is 4.82. The Morgan fingerprint density at radius 2 is 2.15 bits per heavy atom. The lowest BCUT2D eigenvalue weighted by Crippen LogP contribution is -2.11. The molecule has 1 aromatic rings. The summed E-state index contributed by atoms with van der Waals surface area (Å²) >= 11 is 0. The highest BCUT2D eigenvalue weighted by Gasteiger charge is 2.14. The Kier molecular flexibility index (Phi) is 6.41. The summed E-state index contributed by atoms with van der Waals surface area (Å²) in [4.78, 5) is 21.1. The molecule has 0 bridgehead atoms. The molecule has 3 N–H and O–H groups in total. The van der Waals surface area contributed by atoms with Gasteiger partial charge in [-0.05, 0) is 12.5 Å². The fourth-order valence-electron chi connectivity index (χ4n) is 1.54. The van der Waals surface area contributed by atoms with Crippen molar-refractivity contribution >= 4 is 17.3 Å². The number of rotatable bonds is 9. The number of nitrogens with one attached hydrogen (secondary N) is 1. The molecule has 1 rings (SSSR count). The zero-order valence-corrected chi connectivity index (χ0v) is 10.7. The van der Waals surface area contributed by atoms with Crippen LogP contribution >= 0.6 is 0 Å². The lowest BCUT2D eigenvalue weighted by molar-refractivity contribution is -0.384. The lowest BCUT2D eigenvalue weighted by atomic mass is 10.1. The second-order valence-corrected chi connectivity index (χ2v) is 3.91. The molecular formula is C12H16N2O6. The number of anilines is 1. The van der Waals surface area contributed by atoms with Crippen molar-refractivity contribution in [1.29, 1.82) is 0 Å². The number of aliphatic hydroxyl groups is 1. The summed E-state index contributed by atoms with van der Waals surface area (Å²) in [6.07, 6.45) is 0.585. The van der Waals surface area contributed by atoms with E-state index in [1.54, 1.807) is 0 Å². The number of ether oxygens (including phenoxy) is 1. The average Bonchev–Trinajstić information content (AvgIpc) is 2.42. The van der Waals surface area contributed by atoms with Crippen molar-refractivity contribution in [3.8, 4) is 0 Å². The first-order chi connectivity index (χ1) is 9.56. The number of benzene rings is 1. The minimum Gasteiger partial charge on any atom is -0.478 e. The lowest BCUT2D eigenvalue weighted by Gasteiger charge is -2.09. The Labute approximate surface area is 115 Å². The molecule has 1 aromatic carbocycles. The first-order valence-corrected chi connectivity index (χ1v) is 6.00. The summed E-state index contributed by atoms with van der Waals surface area (Å²) in [6, 6.07) is 3.54. The van der Waals surface area contributed by atoms with Crippen LogP contribution in [-0.4, -0.2) is 47.5 Å². The summed E-state index contributed by atoms with van der Waals surface area (Å²) in [5.74, 6) is -1.15. The molecule has 0 amide bonds. The van der Waals surface area contributed by atoms with Crippen LogP contribution in [0.15, 0.2) is 18.2 Å². The van der Waals surface area contributed by atoms with Crippen molar-refractivity contribution in [1.82, 2.24) is 0 Å². The van der Waals surface area contributed by atoms with Gasteiger partial charge in [0.15, 0.2) is 0 Å². The third-order valence-corrected chi connectivity index (χ3v) is 2.46. The van der Waals surface area contributed by atoms with Gasteiger partial charge in [-0.15, -0.1) is 0 Å². The van der Waals surface area contributed by atoms with E-state index in [9.17, 15) is 14.9 Å². The molecule has 0 aromatic heterocycles. The number of carboxylic acid groups (broad SMARTS) is 1. The zero-order valence-electron chi connectivity index (χ0n) is 10.7. The van der Waals surface area contributed by atoms with Gasteiger partial charge in [-0.25, -0.2) is 4.79 Å². The molecule has 0 atom stereocenters. The standard InChI is InChI=1S/C12H16N2O6/c15-5-7-20-6-1-4-13-11-8-9(14(18)19)2-3-10(11)12(16)17/h2-3,8,13,15H,1,4-7H2,(H,16,17). The molecule has 8 heteroatoms. The van der Waals surface area contributed by atoms with Gasteiger partial charge in [0.1, 0.15) is 0 Å². The van der Waals surface area contributed by atoms with Crippen LogP contribution in [0.25, 0.3) is 0 Å². The largest absolute Gasteiger partial charge is 0.478 e. The Bertz CT molecular complexity index is 477. The number of hydrogen-bond acceptors (Lipinski definition) is 6. The van der Waals surface area contributed by atoms with Gasteiger partial charge in [0.25, 0.3) is 5.69 Å². The maximum Gasteiger partial charge on any atom is 0.337 e. The second-order valence-electron chi connectivity index (χ2n) is 3.91. The molecule has 0 unspecified atom stereocenters. The van der Waals surface area contributed by atoms with Crippen LogP contribution in [0.3, 0.4) is 0 Å². The topological polar surface area (TPSA) is 122 Å². The van der Waals surface area contributed by atoms with E-state index in [-0.39, 0.29) is 30.2 Å². The average molecular weight is 284 g/mol. The predicted octanol–water partition coefficient (Wildman–Crippen LogP) is 1.10. The van der Waals surface area contributed by atoms with Gasteiger partial charge in [0, 0.05) is 25.3 Å². The number of carboxylic acids is 1. The molecule has 0 spiro atoms. The van der Waals surface area contributed by atoms with E-state index >= 15 is 0 Å². The van der Waals surface area contributed by atoms with Crippen LogP contribution in [0.2, 0.25) is 0 Å². The van der Waals surface area contributed by atoms with Gasteiger partial charge in [0.2, 0.25) is 0 Å². The predicted molar refractivity (Wildman–Crippen MR) is 71.1 cm³/mol. The molecule has 0 aliphatic heterocycles. The van der Waals surface area contributed by atoms with Crippen LogP contribution in [0.5, 0.6) is 0 Å². The first kappa shape index (κ1) is 15.9. The summed E-state index contributed by atoms with van der Waals surface area (Å²) in [5, 5.41) is 31.0. The molecule has 20 heavy (non-hydrogen) atoms. The maximum absolute atomic E-state index is 11.0. The smallest absolute Gasteiger partial charge is 0.337 e. The fraction of sp³-hybridized carbons (Fsp3) is 0.417. The van der Waals surface area contributed by atoms with Crippen molar-refractivity contribution in [2.24, 2.45) is 0 Å². The zero-order chi connectivity index (χ0) is 15.0. The number of carbonyl (C=O) groups is 1. The minimum absolute atomic E-state index is 0.0214. The molecule has 0 saturated heterocycles. The van der Waals surface area contributed by atoms with Crippen molar-refractivity contribution in [3.05, 3.63) is 33.9 Å². The highest BCUT2D eigenvalue weighted by molar-refractivity contribution is 5.94. The minimum atomic E-state index is -1.15. The Balaban J connectivity index is 2.63. The van der Waals surface area contributed by atoms with E-state index in [1.807, 2.05) is 0 Å². The van der Waals surface area contributed by atoms with Crippen molar-refractivity contribution in [2.45, 2.75) is 6.42 Å². The molecule has 110 valence electrons. The van der Waals surface area contributed by atoms with Gasteiger partial charge in [-0.3, -0.25) is 10.1 Å². The second kappa shape index (κ2) is 8.08. The third-order valence-electron chi connectivity index (χ3n) is 2.46. The number of hydrogen-bond donors (Lipinski definition) is 3. The Morgan fingerprint density at radius 1 is 1.40 bits per heavy atom. The summed E-state index contributed by atoms with van der Waals surface area (Å²) in [7, 11) is 0. The number of nitro groups is 1. The van der Waals surface area contributed by atoms with E-state index in [2.05, 4.69) is 5.32 Å². The molecule has 0 saturated carbocycles. The highest BCUT2D eigenvalue weighted by atomic mass is 16.6. The molecule has 0 aliphatic rings. The Morgan fingerprint density at radius 3 is 2.75 bits per heavy atom. The maximum atomic E-state index is 11.0. The van der Waals surface area contributed by atoms with Crippen LogP contribution in [-0.2, 0) is 4.74 Å². The normalized spacial score (nSPS) is 10.2. The van der Waals surface area contributed by atoms with Gasteiger partial charge in [0.05, 0.1) is 29.4 Å². The van der Waals surface area contributed by atoms with Crippen LogP contribution in [0.4, 0.5) is 11.4 Å². The SMILES string of the molecule is O=C(O)c1ccc([N+](=O)[O-])cc1NCCCOCCO. The number of aromatic carboxylic acids is 1. The van der Waals surface area contributed by atoms with Crippen molar-refractivity contribution in [2.75, 3.05) is 31.7 Å². The molecule has 0 heterocycles.